The van der Waals surface area contributed by atoms with Crippen molar-refractivity contribution in [3.05, 3.63) is 59.7 Å². The molecule has 0 bridgehead atoms. The van der Waals surface area contributed by atoms with Crippen LogP contribution in [0.5, 0.6) is 0 Å². The van der Waals surface area contributed by atoms with Crippen molar-refractivity contribution in [2.24, 2.45) is 0 Å². The maximum Gasteiger partial charge on any atom is 0.230 e. The summed E-state index contributed by atoms with van der Waals surface area (Å²) in [7, 11) is 0. The number of thioether (sulfide) groups is 1. The molecule has 1 aliphatic rings. The molecule has 0 radical (unpaired) electrons. The fourth-order valence-electron chi connectivity index (χ4n) is 2.69. The second kappa shape index (κ2) is 6.22. The van der Waals surface area contributed by atoms with Gasteiger partial charge in [-0.25, -0.2) is 0 Å². The lowest BCUT2D eigenvalue weighted by Crippen LogP contribution is -2.28. The Morgan fingerprint density at radius 3 is 2.86 bits per heavy atom. The summed E-state index contributed by atoms with van der Waals surface area (Å²) in [6, 6.07) is 16.1. The summed E-state index contributed by atoms with van der Waals surface area (Å²) in [5.74, 6) is 0.531. The van der Waals surface area contributed by atoms with Crippen molar-refractivity contribution in [1.29, 1.82) is 0 Å². The molecule has 0 heterocycles. The van der Waals surface area contributed by atoms with Gasteiger partial charge < -0.3 is 11.1 Å². The third kappa shape index (κ3) is 3.39. The lowest BCUT2D eigenvalue weighted by atomic mass is 10.1. The minimum atomic E-state index is 0.0820. The molecule has 0 aliphatic heterocycles. The van der Waals surface area contributed by atoms with Gasteiger partial charge >= 0.3 is 0 Å². The van der Waals surface area contributed by atoms with Gasteiger partial charge in [0.15, 0.2) is 0 Å². The molecule has 3 nitrogen and oxygen atoms in total. The zero-order valence-electron chi connectivity index (χ0n) is 11.7. The standard InChI is InChI=1S/C17H18N2OS/c18-13-7-8-15-12(10-13)6-9-16(15)19-17(20)11-21-14-4-2-1-3-5-14/h1-5,7-8,10,16H,6,9,11,18H2,(H,19,20). The summed E-state index contributed by atoms with van der Waals surface area (Å²) >= 11 is 1.56. The van der Waals surface area contributed by atoms with Crippen LogP contribution in [0.2, 0.25) is 0 Å². The van der Waals surface area contributed by atoms with E-state index in [1.54, 1.807) is 11.8 Å². The number of rotatable bonds is 4. The molecule has 0 saturated heterocycles. The maximum atomic E-state index is 12.1. The summed E-state index contributed by atoms with van der Waals surface area (Å²) < 4.78 is 0. The number of carbonyl (C=O) groups is 1. The number of anilines is 1. The number of carbonyl (C=O) groups excluding carboxylic acids is 1. The van der Waals surface area contributed by atoms with Gasteiger partial charge in [0.1, 0.15) is 0 Å². The van der Waals surface area contributed by atoms with Gasteiger partial charge in [-0.1, -0.05) is 24.3 Å². The number of benzene rings is 2. The third-order valence-corrected chi connectivity index (χ3v) is 4.71. The Kier molecular flexibility index (Phi) is 4.15. The minimum absolute atomic E-state index is 0.0820. The Bertz CT molecular complexity index is 642. The van der Waals surface area contributed by atoms with Crippen LogP contribution in [0.3, 0.4) is 0 Å². The van der Waals surface area contributed by atoms with Crippen LogP contribution in [0.1, 0.15) is 23.6 Å². The van der Waals surface area contributed by atoms with Crippen molar-refractivity contribution in [3.63, 3.8) is 0 Å². The molecule has 0 spiro atoms. The Morgan fingerprint density at radius 1 is 1.24 bits per heavy atom. The Balaban J connectivity index is 1.57. The number of nitrogens with one attached hydrogen (secondary N) is 1. The van der Waals surface area contributed by atoms with Gasteiger partial charge in [-0.05, 0) is 48.2 Å². The molecule has 2 aromatic rings. The summed E-state index contributed by atoms with van der Waals surface area (Å²) in [6.45, 7) is 0. The lowest BCUT2D eigenvalue weighted by Gasteiger charge is -2.14. The third-order valence-electron chi connectivity index (χ3n) is 3.69. The van der Waals surface area contributed by atoms with Crippen LogP contribution in [0.15, 0.2) is 53.4 Å². The number of aryl methyl sites for hydroxylation is 1. The highest BCUT2D eigenvalue weighted by molar-refractivity contribution is 8.00. The molecule has 3 N–H and O–H groups in total. The monoisotopic (exact) mass is 298 g/mol. The van der Waals surface area contributed by atoms with Gasteiger partial charge in [0.25, 0.3) is 0 Å². The van der Waals surface area contributed by atoms with Gasteiger partial charge in [0.2, 0.25) is 5.91 Å². The van der Waals surface area contributed by atoms with Gasteiger partial charge in [-0.15, -0.1) is 11.8 Å². The number of hydrogen-bond donors (Lipinski definition) is 2. The van der Waals surface area contributed by atoms with Crippen LogP contribution in [0, 0.1) is 0 Å². The number of nitrogen functional groups attached to an aromatic ring is 1. The van der Waals surface area contributed by atoms with E-state index in [9.17, 15) is 4.79 Å². The molecule has 1 unspecified atom stereocenters. The molecule has 1 amide bonds. The van der Waals surface area contributed by atoms with E-state index < -0.39 is 0 Å². The summed E-state index contributed by atoms with van der Waals surface area (Å²) in [6.07, 6.45) is 1.94. The number of hydrogen-bond acceptors (Lipinski definition) is 3. The van der Waals surface area contributed by atoms with Crippen molar-refractivity contribution < 1.29 is 4.79 Å². The van der Waals surface area contributed by atoms with E-state index in [4.69, 9.17) is 5.73 Å². The second-order valence-corrected chi connectivity index (χ2v) is 6.27. The molecule has 4 heteroatoms. The topological polar surface area (TPSA) is 55.1 Å². The normalized spacial score (nSPS) is 16.5. The fraction of sp³-hybridized carbons (Fsp3) is 0.235. The average Bonchev–Trinajstić information content (AvgIpc) is 2.88. The maximum absolute atomic E-state index is 12.1. The van der Waals surface area contributed by atoms with E-state index >= 15 is 0 Å². The minimum Gasteiger partial charge on any atom is -0.399 e. The summed E-state index contributed by atoms with van der Waals surface area (Å²) in [4.78, 5) is 13.2. The smallest absolute Gasteiger partial charge is 0.230 e. The SMILES string of the molecule is Nc1ccc2c(c1)CCC2NC(=O)CSc1ccccc1. The highest BCUT2D eigenvalue weighted by Gasteiger charge is 2.23. The predicted molar refractivity (Wildman–Crippen MR) is 87.2 cm³/mol. The first-order chi connectivity index (χ1) is 10.2. The van der Waals surface area contributed by atoms with E-state index in [1.165, 1.54) is 11.1 Å². The van der Waals surface area contributed by atoms with Crippen molar-refractivity contribution >= 4 is 23.4 Å². The largest absolute Gasteiger partial charge is 0.399 e. The molecular formula is C17H18N2OS. The molecule has 21 heavy (non-hydrogen) atoms. The highest BCUT2D eigenvalue weighted by Crippen LogP contribution is 2.32. The van der Waals surface area contributed by atoms with E-state index in [0.717, 1.165) is 23.4 Å². The van der Waals surface area contributed by atoms with Gasteiger partial charge in [0.05, 0.1) is 11.8 Å². The van der Waals surface area contributed by atoms with Crippen LogP contribution < -0.4 is 11.1 Å². The van der Waals surface area contributed by atoms with Crippen LogP contribution in [-0.4, -0.2) is 11.7 Å². The molecular weight excluding hydrogens is 280 g/mol. The van der Waals surface area contributed by atoms with E-state index in [1.807, 2.05) is 48.5 Å². The predicted octanol–water partition coefficient (Wildman–Crippen LogP) is 3.16. The zero-order chi connectivity index (χ0) is 14.7. The molecule has 2 aromatic carbocycles. The van der Waals surface area contributed by atoms with E-state index in [2.05, 4.69) is 5.32 Å². The molecule has 0 aromatic heterocycles. The number of amides is 1. The number of fused-ring (bicyclic) bond motifs is 1. The molecule has 3 rings (SSSR count). The molecule has 1 atom stereocenters. The van der Waals surface area contributed by atoms with E-state index in [-0.39, 0.29) is 11.9 Å². The van der Waals surface area contributed by atoms with Crippen LogP contribution in [0.4, 0.5) is 5.69 Å². The zero-order valence-corrected chi connectivity index (χ0v) is 12.5. The van der Waals surface area contributed by atoms with Crippen molar-refractivity contribution in [2.75, 3.05) is 11.5 Å². The molecule has 0 saturated carbocycles. The lowest BCUT2D eigenvalue weighted by molar-refractivity contribution is -0.119. The highest BCUT2D eigenvalue weighted by atomic mass is 32.2. The van der Waals surface area contributed by atoms with Crippen LogP contribution in [0.25, 0.3) is 0 Å². The first-order valence-corrected chi connectivity index (χ1v) is 8.06. The van der Waals surface area contributed by atoms with Crippen molar-refractivity contribution in [3.8, 4) is 0 Å². The average molecular weight is 298 g/mol. The second-order valence-electron chi connectivity index (χ2n) is 5.22. The number of nitrogens with two attached hydrogens (primary N) is 1. The van der Waals surface area contributed by atoms with Gasteiger partial charge in [0, 0.05) is 10.6 Å². The van der Waals surface area contributed by atoms with Crippen LogP contribution in [-0.2, 0) is 11.2 Å². The quantitative estimate of drug-likeness (QED) is 0.673. The van der Waals surface area contributed by atoms with Gasteiger partial charge in [-0.2, -0.15) is 0 Å². The first-order valence-electron chi connectivity index (χ1n) is 7.08. The van der Waals surface area contributed by atoms with Crippen molar-refractivity contribution in [1.82, 2.24) is 5.32 Å². The van der Waals surface area contributed by atoms with Gasteiger partial charge in [-0.3, -0.25) is 4.79 Å². The van der Waals surface area contributed by atoms with Crippen molar-refractivity contribution in [2.45, 2.75) is 23.8 Å². The van der Waals surface area contributed by atoms with Crippen LogP contribution >= 0.6 is 11.8 Å². The Labute approximate surface area is 128 Å². The molecule has 1 aliphatic carbocycles. The Hall–Kier alpha value is -1.94. The molecule has 0 fully saturated rings. The summed E-state index contributed by atoms with van der Waals surface area (Å²) in [5.41, 5.74) is 9.06. The Morgan fingerprint density at radius 2 is 2.05 bits per heavy atom. The fourth-order valence-corrected chi connectivity index (χ4v) is 3.42. The summed E-state index contributed by atoms with van der Waals surface area (Å²) in [5, 5.41) is 3.12. The molecule has 108 valence electrons. The van der Waals surface area contributed by atoms with E-state index in [0.29, 0.717) is 5.75 Å². The first kappa shape index (κ1) is 14.0.